The van der Waals surface area contributed by atoms with Gasteiger partial charge in [0, 0.05) is 11.6 Å². The Labute approximate surface area is 124 Å². The lowest BCUT2D eigenvalue weighted by molar-refractivity contribution is 0.0734. The summed E-state index contributed by atoms with van der Waals surface area (Å²) in [5, 5.41) is 9.65. The molecule has 8 heteroatoms. The number of aliphatic hydroxyl groups is 1. The van der Waals surface area contributed by atoms with Gasteiger partial charge in [-0.3, -0.25) is 9.69 Å². The van der Waals surface area contributed by atoms with Gasteiger partial charge in [-0.15, -0.1) is 0 Å². The Morgan fingerprint density at radius 3 is 2.86 bits per heavy atom. The summed E-state index contributed by atoms with van der Waals surface area (Å²) >= 11 is 5.81. The number of hydrogen-bond donors (Lipinski definition) is 2. The molecule has 1 heterocycles. The number of hydrogen-bond acceptors (Lipinski definition) is 4. The number of aromatic amines is 1. The van der Waals surface area contributed by atoms with E-state index in [0.29, 0.717) is 15.9 Å². The van der Waals surface area contributed by atoms with E-state index in [1.807, 2.05) is 0 Å². The lowest BCUT2D eigenvalue weighted by Crippen LogP contribution is -2.32. The molecular formula is C13H14ClF2N3O2. The van der Waals surface area contributed by atoms with Crippen LogP contribution in [-0.2, 0) is 6.54 Å². The van der Waals surface area contributed by atoms with E-state index in [2.05, 4.69) is 9.97 Å². The van der Waals surface area contributed by atoms with Gasteiger partial charge >= 0.3 is 0 Å². The van der Waals surface area contributed by atoms with Crippen molar-refractivity contribution in [3.05, 3.63) is 39.4 Å². The predicted octanol–water partition coefficient (Wildman–Crippen LogP) is 1.64. The van der Waals surface area contributed by atoms with Gasteiger partial charge in [-0.1, -0.05) is 11.6 Å². The van der Waals surface area contributed by atoms with E-state index in [0.717, 1.165) is 0 Å². The number of nitrogens with one attached hydrogen (secondary N) is 1. The second-order valence-corrected chi connectivity index (χ2v) is 4.96. The van der Waals surface area contributed by atoms with Crippen LogP contribution in [0.2, 0.25) is 5.02 Å². The van der Waals surface area contributed by atoms with Gasteiger partial charge in [0.05, 0.1) is 30.6 Å². The first kappa shape index (κ1) is 15.8. The normalized spacial score (nSPS) is 11.7. The third-order valence-electron chi connectivity index (χ3n) is 2.90. The van der Waals surface area contributed by atoms with Crippen LogP contribution in [0.5, 0.6) is 0 Å². The molecule has 0 amide bonds. The molecule has 0 spiro atoms. The monoisotopic (exact) mass is 317 g/mol. The number of fused-ring (bicyclic) bond motifs is 1. The minimum Gasteiger partial charge on any atom is -0.395 e. The molecule has 21 heavy (non-hydrogen) atoms. The van der Waals surface area contributed by atoms with E-state index < -0.39 is 13.0 Å². The highest BCUT2D eigenvalue weighted by Gasteiger charge is 2.14. The molecule has 0 saturated heterocycles. The van der Waals surface area contributed by atoms with Crippen LogP contribution in [0.15, 0.2) is 23.0 Å². The summed E-state index contributed by atoms with van der Waals surface area (Å²) < 4.78 is 24.9. The molecule has 0 atom stereocenters. The topological polar surface area (TPSA) is 69.2 Å². The second kappa shape index (κ2) is 6.93. The molecule has 1 aromatic heterocycles. The molecule has 2 aromatic rings. The van der Waals surface area contributed by atoms with Crippen LogP contribution >= 0.6 is 11.6 Å². The third-order valence-corrected chi connectivity index (χ3v) is 3.14. The largest absolute Gasteiger partial charge is 0.395 e. The fraction of sp³-hybridized carbons (Fsp3) is 0.385. The zero-order valence-electron chi connectivity index (χ0n) is 11.0. The number of rotatable bonds is 6. The van der Waals surface area contributed by atoms with Crippen LogP contribution in [-0.4, -0.2) is 46.1 Å². The van der Waals surface area contributed by atoms with Crippen molar-refractivity contribution in [1.29, 1.82) is 0 Å². The number of nitrogens with zero attached hydrogens (tertiary/aromatic N) is 2. The Morgan fingerprint density at radius 1 is 1.43 bits per heavy atom. The van der Waals surface area contributed by atoms with Crippen LogP contribution < -0.4 is 5.56 Å². The first-order chi connectivity index (χ1) is 9.99. The van der Waals surface area contributed by atoms with E-state index in [9.17, 15) is 13.6 Å². The Morgan fingerprint density at radius 2 is 2.19 bits per heavy atom. The first-order valence-electron chi connectivity index (χ1n) is 6.29. The van der Waals surface area contributed by atoms with Crippen molar-refractivity contribution in [1.82, 2.24) is 14.9 Å². The number of aromatic nitrogens is 2. The van der Waals surface area contributed by atoms with Crippen LogP contribution in [0, 0.1) is 0 Å². The highest BCUT2D eigenvalue weighted by molar-refractivity contribution is 6.31. The number of aliphatic hydroxyl groups excluding tert-OH is 1. The lowest BCUT2D eigenvalue weighted by atomic mass is 10.2. The summed E-state index contributed by atoms with van der Waals surface area (Å²) in [5.74, 6) is 0.268. The van der Waals surface area contributed by atoms with Gasteiger partial charge in [0.1, 0.15) is 5.82 Å². The average Bonchev–Trinajstić information content (AvgIpc) is 2.39. The Kier molecular flexibility index (Phi) is 5.22. The van der Waals surface area contributed by atoms with Gasteiger partial charge in [0.15, 0.2) is 0 Å². The minimum absolute atomic E-state index is 0.0265. The third kappa shape index (κ3) is 4.20. The summed E-state index contributed by atoms with van der Waals surface area (Å²) in [7, 11) is 0. The van der Waals surface area contributed by atoms with E-state index >= 15 is 0 Å². The Bertz CT molecular complexity index is 678. The molecule has 0 fully saturated rings. The highest BCUT2D eigenvalue weighted by atomic mass is 35.5. The summed E-state index contributed by atoms with van der Waals surface area (Å²) in [4.78, 5) is 20.0. The maximum absolute atomic E-state index is 12.5. The lowest BCUT2D eigenvalue weighted by Gasteiger charge is -2.20. The zero-order valence-corrected chi connectivity index (χ0v) is 11.8. The maximum Gasteiger partial charge on any atom is 0.258 e. The van der Waals surface area contributed by atoms with E-state index in [-0.39, 0.29) is 31.1 Å². The minimum atomic E-state index is -2.53. The molecule has 0 aliphatic heterocycles. The van der Waals surface area contributed by atoms with Crippen molar-refractivity contribution in [2.75, 3.05) is 19.7 Å². The summed E-state index contributed by atoms with van der Waals surface area (Å²) in [6.45, 7) is -0.644. The Hall–Kier alpha value is -1.57. The summed E-state index contributed by atoms with van der Waals surface area (Å²) in [6, 6.07) is 4.70. The fourth-order valence-corrected chi connectivity index (χ4v) is 2.19. The number of alkyl halides is 2. The first-order valence-corrected chi connectivity index (χ1v) is 6.67. The van der Waals surface area contributed by atoms with Crippen molar-refractivity contribution < 1.29 is 13.9 Å². The van der Waals surface area contributed by atoms with Crippen molar-refractivity contribution in [2.45, 2.75) is 13.0 Å². The molecule has 0 unspecified atom stereocenters. The molecule has 0 aliphatic carbocycles. The van der Waals surface area contributed by atoms with Gasteiger partial charge in [0.2, 0.25) is 0 Å². The van der Waals surface area contributed by atoms with E-state index in [1.54, 1.807) is 12.1 Å². The summed E-state index contributed by atoms with van der Waals surface area (Å²) in [6.07, 6.45) is -2.53. The van der Waals surface area contributed by atoms with Gasteiger partial charge in [-0.05, 0) is 18.2 Å². The number of halogens is 3. The van der Waals surface area contributed by atoms with Gasteiger partial charge in [-0.25, -0.2) is 13.8 Å². The molecular weight excluding hydrogens is 304 g/mol. The molecule has 5 nitrogen and oxygen atoms in total. The quantitative estimate of drug-likeness (QED) is 0.850. The fourth-order valence-electron chi connectivity index (χ4n) is 2.02. The number of benzene rings is 1. The molecule has 114 valence electrons. The van der Waals surface area contributed by atoms with Crippen LogP contribution in [0.25, 0.3) is 10.9 Å². The molecule has 2 N–H and O–H groups in total. The molecule has 0 bridgehead atoms. The summed E-state index contributed by atoms with van der Waals surface area (Å²) in [5.41, 5.74) is 0.0673. The molecule has 0 aliphatic rings. The molecule has 2 rings (SSSR count). The van der Waals surface area contributed by atoms with Gasteiger partial charge in [-0.2, -0.15) is 0 Å². The average molecular weight is 318 g/mol. The van der Waals surface area contributed by atoms with Crippen LogP contribution in [0.4, 0.5) is 8.78 Å². The standard InChI is InChI=1S/C13H14ClF2N3O2/c14-8-1-2-10-9(5-8)13(21)18-12(17-10)7-19(3-4-20)6-11(15)16/h1-2,5,11,20H,3-4,6-7H2,(H,17,18,21). The van der Waals surface area contributed by atoms with Crippen molar-refractivity contribution >= 4 is 22.5 Å². The highest BCUT2D eigenvalue weighted by Crippen LogP contribution is 2.14. The van der Waals surface area contributed by atoms with Crippen LogP contribution in [0.1, 0.15) is 5.82 Å². The maximum atomic E-state index is 12.5. The van der Waals surface area contributed by atoms with Crippen LogP contribution in [0.3, 0.4) is 0 Å². The second-order valence-electron chi connectivity index (χ2n) is 4.52. The molecule has 0 radical (unpaired) electrons. The van der Waals surface area contributed by atoms with Gasteiger partial charge in [0.25, 0.3) is 12.0 Å². The molecule has 0 saturated carbocycles. The molecule has 1 aromatic carbocycles. The van der Waals surface area contributed by atoms with Crippen molar-refractivity contribution in [3.63, 3.8) is 0 Å². The van der Waals surface area contributed by atoms with E-state index in [1.165, 1.54) is 11.0 Å². The Balaban J connectivity index is 2.29. The van der Waals surface area contributed by atoms with Crippen molar-refractivity contribution in [2.24, 2.45) is 0 Å². The number of H-pyrrole nitrogens is 1. The van der Waals surface area contributed by atoms with E-state index in [4.69, 9.17) is 16.7 Å². The zero-order chi connectivity index (χ0) is 15.4. The SMILES string of the molecule is O=c1[nH]c(CN(CCO)CC(F)F)nc2ccc(Cl)cc12. The smallest absolute Gasteiger partial charge is 0.258 e. The van der Waals surface area contributed by atoms with Gasteiger partial charge < -0.3 is 10.1 Å². The predicted molar refractivity (Wildman–Crippen MR) is 75.7 cm³/mol. The van der Waals surface area contributed by atoms with Crippen molar-refractivity contribution in [3.8, 4) is 0 Å².